The molecule has 0 atom stereocenters. The van der Waals surface area contributed by atoms with Crippen molar-refractivity contribution in [3.8, 4) is 11.3 Å². The van der Waals surface area contributed by atoms with Crippen molar-refractivity contribution in [3.05, 3.63) is 47.9 Å². The minimum atomic E-state index is 0.0843. The van der Waals surface area contributed by atoms with Crippen LogP contribution in [0.5, 0.6) is 0 Å². The molecule has 1 amide bonds. The topological polar surface area (TPSA) is 61.9 Å². The minimum absolute atomic E-state index is 0.0843. The second kappa shape index (κ2) is 3.90. The number of rotatable bonds is 1. The highest BCUT2D eigenvalue weighted by atomic mass is 16.2. The van der Waals surface area contributed by atoms with Gasteiger partial charge in [-0.3, -0.25) is 4.79 Å². The number of nitrogens with zero attached hydrogens (tertiary/aromatic N) is 3. The van der Waals surface area contributed by atoms with Gasteiger partial charge in [0.1, 0.15) is 12.0 Å². The maximum absolute atomic E-state index is 11.9. The van der Waals surface area contributed by atoms with E-state index in [1.807, 2.05) is 37.5 Å². The van der Waals surface area contributed by atoms with E-state index in [1.54, 1.807) is 11.2 Å². The number of carbonyl (C=O) groups is 1. The molecule has 1 aliphatic rings. The molecule has 0 bridgehead atoms. The zero-order chi connectivity index (χ0) is 13.7. The van der Waals surface area contributed by atoms with Gasteiger partial charge >= 0.3 is 0 Å². The molecule has 0 aliphatic carbocycles. The van der Waals surface area contributed by atoms with Crippen LogP contribution in [-0.2, 0) is 6.54 Å². The normalized spacial score (nSPS) is 14.1. The number of carbonyl (C=O) groups excluding carboxylic acids is 1. The lowest BCUT2D eigenvalue weighted by Gasteiger charge is -2.05. The fraction of sp³-hybridized carbons (Fsp3) is 0.133. The molecule has 0 radical (unpaired) electrons. The summed E-state index contributed by atoms with van der Waals surface area (Å²) in [5, 5.41) is 0.991. The van der Waals surface area contributed by atoms with Crippen molar-refractivity contribution in [1.82, 2.24) is 19.9 Å². The van der Waals surface area contributed by atoms with Crippen LogP contribution in [0, 0.1) is 0 Å². The lowest BCUT2D eigenvalue weighted by atomic mass is 10.0. The van der Waals surface area contributed by atoms with Crippen molar-refractivity contribution >= 4 is 16.9 Å². The molecule has 0 unspecified atom stereocenters. The molecular formula is C15H12N4O. The first kappa shape index (κ1) is 11.2. The molecule has 1 aliphatic heterocycles. The Labute approximate surface area is 115 Å². The van der Waals surface area contributed by atoms with Crippen LogP contribution in [0.25, 0.3) is 22.3 Å². The van der Waals surface area contributed by atoms with Crippen molar-refractivity contribution in [3.63, 3.8) is 0 Å². The maximum Gasteiger partial charge on any atom is 0.254 e. The van der Waals surface area contributed by atoms with Gasteiger partial charge < -0.3 is 9.88 Å². The van der Waals surface area contributed by atoms with Gasteiger partial charge in [0, 0.05) is 36.3 Å². The lowest BCUT2D eigenvalue weighted by Crippen LogP contribution is -2.17. The molecular weight excluding hydrogens is 252 g/mol. The lowest BCUT2D eigenvalue weighted by molar-refractivity contribution is 0.0816. The van der Waals surface area contributed by atoms with Crippen LogP contribution in [0.2, 0.25) is 0 Å². The van der Waals surface area contributed by atoms with Crippen molar-refractivity contribution in [2.24, 2.45) is 0 Å². The summed E-state index contributed by atoms with van der Waals surface area (Å²) in [6, 6.07) is 7.85. The zero-order valence-electron chi connectivity index (χ0n) is 10.9. The van der Waals surface area contributed by atoms with Gasteiger partial charge in [0.05, 0.1) is 5.69 Å². The van der Waals surface area contributed by atoms with Gasteiger partial charge in [-0.2, -0.15) is 0 Å². The number of amides is 1. The molecule has 3 heterocycles. The molecule has 0 spiro atoms. The molecule has 0 fully saturated rings. The second-order valence-corrected chi connectivity index (χ2v) is 5.00. The highest BCUT2D eigenvalue weighted by Crippen LogP contribution is 2.29. The Hall–Kier alpha value is -2.69. The monoisotopic (exact) mass is 264 g/mol. The van der Waals surface area contributed by atoms with E-state index in [1.165, 1.54) is 0 Å². The number of fused-ring (bicyclic) bond motifs is 2. The SMILES string of the molecule is CN1Cc2cc(-c3ncnc4[nH]ccc34)ccc2C1=O. The highest BCUT2D eigenvalue weighted by molar-refractivity contribution is 5.99. The summed E-state index contributed by atoms with van der Waals surface area (Å²) < 4.78 is 0. The second-order valence-electron chi connectivity index (χ2n) is 5.00. The smallest absolute Gasteiger partial charge is 0.254 e. The van der Waals surface area contributed by atoms with Gasteiger partial charge in [-0.15, -0.1) is 0 Å². The first-order chi connectivity index (χ1) is 9.74. The number of hydrogen-bond donors (Lipinski definition) is 1. The highest BCUT2D eigenvalue weighted by Gasteiger charge is 2.24. The van der Waals surface area contributed by atoms with Gasteiger partial charge in [0.2, 0.25) is 0 Å². The van der Waals surface area contributed by atoms with Gasteiger partial charge in [-0.05, 0) is 23.8 Å². The van der Waals surface area contributed by atoms with E-state index >= 15 is 0 Å². The Kier molecular flexibility index (Phi) is 2.18. The van der Waals surface area contributed by atoms with E-state index in [-0.39, 0.29) is 5.91 Å². The molecule has 1 aromatic carbocycles. The molecule has 98 valence electrons. The van der Waals surface area contributed by atoms with Crippen LogP contribution in [0.1, 0.15) is 15.9 Å². The predicted molar refractivity (Wildman–Crippen MR) is 75.1 cm³/mol. The quantitative estimate of drug-likeness (QED) is 0.733. The Bertz CT molecular complexity index is 837. The van der Waals surface area contributed by atoms with Crippen LogP contribution >= 0.6 is 0 Å². The van der Waals surface area contributed by atoms with Crippen LogP contribution < -0.4 is 0 Å². The van der Waals surface area contributed by atoms with Crippen LogP contribution in [0.4, 0.5) is 0 Å². The average Bonchev–Trinajstić information content (AvgIpc) is 3.04. The van der Waals surface area contributed by atoms with Gasteiger partial charge in [0.15, 0.2) is 0 Å². The third-order valence-electron chi connectivity index (χ3n) is 3.72. The van der Waals surface area contributed by atoms with E-state index in [0.717, 1.165) is 33.4 Å². The molecule has 5 heteroatoms. The number of aromatic amines is 1. The van der Waals surface area contributed by atoms with E-state index in [0.29, 0.717) is 6.54 Å². The number of H-pyrrole nitrogens is 1. The molecule has 0 saturated carbocycles. The van der Waals surface area contributed by atoms with E-state index in [9.17, 15) is 4.79 Å². The van der Waals surface area contributed by atoms with Crippen LogP contribution in [-0.4, -0.2) is 32.8 Å². The number of hydrogen-bond acceptors (Lipinski definition) is 3. The molecule has 4 rings (SSSR count). The third kappa shape index (κ3) is 1.46. The standard InChI is InChI=1S/C15H12N4O/c1-19-7-10-6-9(2-3-11(10)15(19)20)13-12-4-5-16-14(12)18-8-17-13/h2-6,8H,7H2,1H3,(H,16,17,18). The molecule has 0 saturated heterocycles. The Morgan fingerprint density at radius 1 is 1.25 bits per heavy atom. The molecule has 2 aromatic heterocycles. The summed E-state index contributed by atoms with van der Waals surface area (Å²) in [7, 11) is 1.82. The number of aromatic nitrogens is 3. The van der Waals surface area contributed by atoms with Crippen LogP contribution in [0.15, 0.2) is 36.8 Å². The summed E-state index contributed by atoms with van der Waals surface area (Å²) in [6.45, 7) is 0.656. The van der Waals surface area contributed by atoms with E-state index in [2.05, 4.69) is 15.0 Å². The molecule has 1 N–H and O–H groups in total. The summed E-state index contributed by atoms with van der Waals surface area (Å²) in [5.41, 5.74) is 4.57. The third-order valence-corrected chi connectivity index (χ3v) is 3.72. The Morgan fingerprint density at radius 2 is 2.15 bits per heavy atom. The van der Waals surface area contributed by atoms with Crippen LogP contribution in [0.3, 0.4) is 0 Å². The van der Waals surface area contributed by atoms with Gasteiger partial charge in [-0.25, -0.2) is 9.97 Å². The number of nitrogens with one attached hydrogen (secondary N) is 1. The predicted octanol–water partition coefficient (Wildman–Crippen LogP) is 2.21. The zero-order valence-corrected chi connectivity index (χ0v) is 10.9. The summed E-state index contributed by atoms with van der Waals surface area (Å²) in [5.74, 6) is 0.0843. The largest absolute Gasteiger partial charge is 0.346 e. The fourth-order valence-corrected chi connectivity index (χ4v) is 2.72. The fourth-order valence-electron chi connectivity index (χ4n) is 2.72. The van der Waals surface area contributed by atoms with Crippen molar-refractivity contribution < 1.29 is 4.79 Å². The van der Waals surface area contributed by atoms with Gasteiger partial charge in [-0.1, -0.05) is 6.07 Å². The minimum Gasteiger partial charge on any atom is -0.346 e. The molecule has 3 aromatic rings. The first-order valence-electron chi connectivity index (χ1n) is 6.41. The van der Waals surface area contributed by atoms with Crippen molar-refractivity contribution in [1.29, 1.82) is 0 Å². The Morgan fingerprint density at radius 3 is 3.05 bits per heavy atom. The van der Waals surface area contributed by atoms with Crippen molar-refractivity contribution in [2.75, 3.05) is 7.05 Å². The summed E-state index contributed by atoms with van der Waals surface area (Å²) in [4.78, 5) is 25.3. The first-order valence-corrected chi connectivity index (χ1v) is 6.41. The summed E-state index contributed by atoms with van der Waals surface area (Å²) in [6.07, 6.45) is 3.41. The summed E-state index contributed by atoms with van der Waals surface area (Å²) >= 11 is 0. The van der Waals surface area contributed by atoms with Gasteiger partial charge in [0.25, 0.3) is 5.91 Å². The maximum atomic E-state index is 11.9. The average molecular weight is 264 g/mol. The van der Waals surface area contributed by atoms with E-state index < -0.39 is 0 Å². The Balaban J connectivity index is 1.90. The van der Waals surface area contributed by atoms with E-state index in [4.69, 9.17) is 0 Å². The molecule has 20 heavy (non-hydrogen) atoms. The number of benzene rings is 1. The molecule has 5 nitrogen and oxygen atoms in total. The van der Waals surface area contributed by atoms with Crippen molar-refractivity contribution in [2.45, 2.75) is 6.54 Å².